The number of aryl methyl sites for hydroxylation is 1. The zero-order valence-corrected chi connectivity index (χ0v) is 11.3. The molecule has 1 N–H and O–H groups in total. The van der Waals surface area contributed by atoms with Gasteiger partial charge in [-0.05, 0) is 29.4 Å². The van der Waals surface area contributed by atoms with Crippen LogP contribution >= 0.6 is 0 Å². The van der Waals surface area contributed by atoms with Crippen molar-refractivity contribution in [2.75, 3.05) is 4.72 Å². The lowest BCUT2D eigenvalue weighted by atomic mass is 10.3. The third-order valence-electron chi connectivity index (χ3n) is 2.74. The molecule has 0 aliphatic heterocycles. The largest absolute Gasteiger partial charge is 0.271 e. The quantitative estimate of drug-likeness (QED) is 0.776. The van der Waals surface area contributed by atoms with E-state index in [-0.39, 0.29) is 16.2 Å². The number of hydrogen-bond donors (Lipinski definition) is 1. The van der Waals surface area contributed by atoms with Crippen LogP contribution in [-0.2, 0) is 16.6 Å². The number of fused-ring (bicyclic) bond motifs is 1. The molecule has 9 heteroatoms. The molecule has 2 heterocycles. The molecule has 3 aromatic rings. The molecule has 1 aromatic carbocycles. The average Bonchev–Trinajstić information content (AvgIpc) is 3.05. The Hall–Kier alpha value is -2.42. The van der Waals surface area contributed by atoms with Crippen molar-refractivity contribution in [3.8, 4) is 0 Å². The number of anilines is 1. The predicted molar refractivity (Wildman–Crippen MR) is 70.5 cm³/mol. The average molecular weight is 293 g/mol. The second-order valence-corrected chi connectivity index (χ2v) is 5.70. The number of sulfonamides is 1. The normalized spacial score (nSPS) is 11.8. The summed E-state index contributed by atoms with van der Waals surface area (Å²) >= 11 is 0. The summed E-state index contributed by atoms with van der Waals surface area (Å²) in [7, 11) is -3.79. The maximum absolute atomic E-state index is 12.3. The van der Waals surface area contributed by atoms with Gasteiger partial charge >= 0.3 is 0 Å². The summed E-state index contributed by atoms with van der Waals surface area (Å²) in [5.41, 5.74) is 0.571. The lowest BCUT2D eigenvalue weighted by molar-refractivity contribution is 0.315. The first-order valence-corrected chi connectivity index (χ1v) is 7.36. The number of nitrogens with one attached hydrogen (secondary N) is 1. The van der Waals surface area contributed by atoms with Crippen LogP contribution in [0.15, 0.2) is 40.0 Å². The van der Waals surface area contributed by atoms with Crippen molar-refractivity contribution in [2.24, 2.45) is 0 Å². The second-order valence-electron chi connectivity index (χ2n) is 4.05. The van der Waals surface area contributed by atoms with Gasteiger partial charge in [0.05, 0.1) is 0 Å². The Morgan fingerprint density at radius 2 is 2.15 bits per heavy atom. The van der Waals surface area contributed by atoms with E-state index in [0.29, 0.717) is 12.1 Å². The van der Waals surface area contributed by atoms with Crippen molar-refractivity contribution in [1.29, 1.82) is 0 Å². The van der Waals surface area contributed by atoms with E-state index < -0.39 is 10.0 Å². The molecule has 0 fully saturated rings. The molecule has 0 saturated carbocycles. The van der Waals surface area contributed by atoms with Crippen LogP contribution in [0.5, 0.6) is 0 Å². The minimum atomic E-state index is -3.79. The highest BCUT2D eigenvalue weighted by Gasteiger charge is 2.21. The van der Waals surface area contributed by atoms with E-state index in [1.165, 1.54) is 6.07 Å². The molecule has 2 aromatic heterocycles. The highest BCUT2D eigenvalue weighted by atomic mass is 32.2. The Morgan fingerprint density at radius 3 is 2.90 bits per heavy atom. The van der Waals surface area contributed by atoms with E-state index in [1.807, 2.05) is 6.92 Å². The summed E-state index contributed by atoms with van der Waals surface area (Å²) in [6, 6.07) is 6.22. The highest BCUT2D eigenvalue weighted by molar-refractivity contribution is 7.93. The van der Waals surface area contributed by atoms with Gasteiger partial charge in [-0.15, -0.1) is 0 Å². The Morgan fingerprint density at radius 1 is 1.30 bits per heavy atom. The minimum absolute atomic E-state index is 0.00213. The Balaban J connectivity index is 2.01. The van der Waals surface area contributed by atoms with Gasteiger partial charge in [0.15, 0.2) is 11.3 Å². The first kappa shape index (κ1) is 12.6. The van der Waals surface area contributed by atoms with E-state index >= 15 is 0 Å². The standard InChI is InChI=1S/C11H11N5O3S/c1-2-16-7-6-10(12-16)15-20(17,18)9-5-3-4-8-11(9)14-19-13-8/h3-7H,2H2,1H3,(H,12,15). The number of rotatable bonds is 4. The fourth-order valence-electron chi connectivity index (χ4n) is 1.78. The molecule has 0 aliphatic rings. The van der Waals surface area contributed by atoms with E-state index in [4.69, 9.17) is 0 Å². The Kier molecular flexibility index (Phi) is 2.90. The van der Waals surface area contributed by atoms with Gasteiger partial charge < -0.3 is 0 Å². The van der Waals surface area contributed by atoms with Gasteiger partial charge in [-0.1, -0.05) is 6.07 Å². The first-order chi connectivity index (χ1) is 9.60. The molecular weight excluding hydrogens is 282 g/mol. The molecule has 0 bridgehead atoms. The summed E-state index contributed by atoms with van der Waals surface area (Å²) < 4.78 is 33.3. The molecule has 0 aliphatic carbocycles. The first-order valence-electron chi connectivity index (χ1n) is 5.88. The zero-order chi connectivity index (χ0) is 14.2. The molecule has 0 spiro atoms. The smallest absolute Gasteiger partial charge is 0.265 e. The monoisotopic (exact) mass is 293 g/mol. The lowest BCUT2D eigenvalue weighted by Crippen LogP contribution is -2.14. The van der Waals surface area contributed by atoms with Crippen LogP contribution in [0.1, 0.15) is 6.92 Å². The number of benzene rings is 1. The summed E-state index contributed by atoms with van der Waals surface area (Å²) in [5, 5.41) is 11.3. The Labute approximate surface area is 114 Å². The van der Waals surface area contributed by atoms with E-state index in [9.17, 15) is 8.42 Å². The lowest BCUT2D eigenvalue weighted by Gasteiger charge is -2.05. The minimum Gasteiger partial charge on any atom is -0.271 e. The maximum atomic E-state index is 12.3. The molecule has 0 atom stereocenters. The van der Waals surface area contributed by atoms with Gasteiger partial charge in [0.2, 0.25) is 0 Å². The molecule has 0 saturated heterocycles. The molecule has 0 radical (unpaired) electrons. The predicted octanol–water partition coefficient (Wildman–Crippen LogP) is 1.24. The maximum Gasteiger partial charge on any atom is 0.265 e. The van der Waals surface area contributed by atoms with E-state index in [0.717, 1.165) is 0 Å². The fraction of sp³-hybridized carbons (Fsp3) is 0.182. The van der Waals surface area contributed by atoms with Crippen LogP contribution in [-0.4, -0.2) is 28.5 Å². The molecule has 104 valence electrons. The van der Waals surface area contributed by atoms with E-state index in [2.05, 4.69) is 24.8 Å². The van der Waals surface area contributed by atoms with Crippen molar-refractivity contribution in [1.82, 2.24) is 20.1 Å². The van der Waals surface area contributed by atoms with Crippen LogP contribution in [0.3, 0.4) is 0 Å². The van der Waals surface area contributed by atoms with E-state index in [1.54, 1.807) is 29.1 Å². The van der Waals surface area contributed by atoms with Crippen LogP contribution in [0.4, 0.5) is 5.82 Å². The summed E-state index contributed by atoms with van der Waals surface area (Å²) in [6.07, 6.45) is 1.69. The van der Waals surface area contributed by atoms with Gasteiger partial charge in [0.1, 0.15) is 10.4 Å². The van der Waals surface area contributed by atoms with Crippen molar-refractivity contribution < 1.29 is 13.0 Å². The highest BCUT2D eigenvalue weighted by Crippen LogP contribution is 2.21. The van der Waals surface area contributed by atoms with Crippen LogP contribution in [0, 0.1) is 0 Å². The number of nitrogens with zero attached hydrogens (tertiary/aromatic N) is 4. The molecule has 8 nitrogen and oxygen atoms in total. The Bertz CT molecular complexity index is 852. The third kappa shape index (κ3) is 2.11. The van der Waals surface area contributed by atoms with Crippen molar-refractivity contribution in [3.63, 3.8) is 0 Å². The van der Waals surface area contributed by atoms with Crippen LogP contribution in [0.25, 0.3) is 11.0 Å². The molecule has 0 amide bonds. The second kappa shape index (κ2) is 4.60. The topological polar surface area (TPSA) is 103 Å². The van der Waals surface area contributed by atoms with Gasteiger partial charge in [0.25, 0.3) is 10.0 Å². The van der Waals surface area contributed by atoms with Gasteiger partial charge in [0, 0.05) is 18.8 Å². The van der Waals surface area contributed by atoms with Crippen molar-refractivity contribution in [3.05, 3.63) is 30.5 Å². The molecule has 3 rings (SSSR count). The summed E-state index contributed by atoms with van der Waals surface area (Å²) in [5.74, 6) is 0.250. The summed E-state index contributed by atoms with van der Waals surface area (Å²) in [6.45, 7) is 2.57. The number of hydrogen-bond acceptors (Lipinski definition) is 6. The third-order valence-corrected chi connectivity index (χ3v) is 4.13. The SMILES string of the molecule is CCn1ccc(NS(=O)(=O)c2cccc3nonc23)n1. The fourth-order valence-corrected chi connectivity index (χ4v) is 2.93. The molecule has 0 unspecified atom stereocenters. The van der Waals surface area contributed by atoms with Crippen LogP contribution < -0.4 is 4.72 Å². The van der Waals surface area contributed by atoms with Crippen molar-refractivity contribution >= 4 is 26.9 Å². The van der Waals surface area contributed by atoms with Crippen molar-refractivity contribution in [2.45, 2.75) is 18.4 Å². The van der Waals surface area contributed by atoms with Gasteiger partial charge in [-0.25, -0.2) is 13.0 Å². The van der Waals surface area contributed by atoms with Gasteiger partial charge in [-0.2, -0.15) is 5.10 Å². The van der Waals surface area contributed by atoms with Gasteiger partial charge in [-0.3, -0.25) is 9.40 Å². The number of aromatic nitrogens is 4. The summed E-state index contributed by atoms with van der Waals surface area (Å²) in [4.78, 5) is 0.00213. The zero-order valence-electron chi connectivity index (χ0n) is 10.5. The van der Waals surface area contributed by atoms with Crippen LogP contribution in [0.2, 0.25) is 0 Å². The molecular formula is C11H11N5O3S. The molecule has 20 heavy (non-hydrogen) atoms.